The molecule has 0 N–H and O–H groups in total. The van der Waals surface area contributed by atoms with Crippen LogP contribution >= 0.6 is 0 Å². The van der Waals surface area contributed by atoms with Crippen LogP contribution in [0.1, 0.15) is 18.2 Å². The number of hydrogen-bond donors (Lipinski definition) is 0. The summed E-state index contributed by atoms with van der Waals surface area (Å²) in [6.07, 6.45) is 7.59. The monoisotopic (exact) mass is 241 g/mol. The summed E-state index contributed by atoms with van der Waals surface area (Å²) >= 11 is 0. The van der Waals surface area contributed by atoms with Crippen LogP contribution in [-0.2, 0) is 6.61 Å². The molecule has 0 aliphatic rings. The molecule has 0 atom stereocenters. The van der Waals surface area contributed by atoms with Gasteiger partial charge in [-0.15, -0.1) is 0 Å². The van der Waals surface area contributed by atoms with Crippen molar-refractivity contribution >= 4 is 6.08 Å². The van der Waals surface area contributed by atoms with Gasteiger partial charge in [0.2, 0.25) is 0 Å². The third-order valence-corrected chi connectivity index (χ3v) is 2.30. The average Bonchev–Trinajstić information content (AvgIpc) is 2.86. The summed E-state index contributed by atoms with van der Waals surface area (Å²) in [4.78, 5) is 0. The Hall–Kier alpha value is -2.29. The molecule has 18 heavy (non-hydrogen) atoms. The van der Waals surface area contributed by atoms with E-state index in [1.165, 1.54) is 0 Å². The first-order chi connectivity index (χ1) is 8.88. The quantitative estimate of drug-likeness (QED) is 0.746. The SMILES string of the molecule is CC=CC=Cc1cc(OCc2ccccc2)no1. The highest BCUT2D eigenvalue weighted by Gasteiger charge is 2.02. The van der Waals surface area contributed by atoms with Crippen molar-refractivity contribution < 1.29 is 9.26 Å². The first kappa shape index (κ1) is 12.2. The van der Waals surface area contributed by atoms with E-state index in [1.807, 2.05) is 61.6 Å². The van der Waals surface area contributed by atoms with E-state index in [2.05, 4.69) is 5.16 Å². The van der Waals surface area contributed by atoms with Crippen LogP contribution in [0.4, 0.5) is 0 Å². The van der Waals surface area contributed by atoms with Crippen LogP contribution in [-0.4, -0.2) is 5.16 Å². The molecule has 0 saturated heterocycles. The zero-order valence-corrected chi connectivity index (χ0v) is 10.2. The molecule has 1 aromatic carbocycles. The van der Waals surface area contributed by atoms with Gasteiger partial charge in [-0.05, 0) is 23.7 Å². The van der Waals surface area contributed by atoms with Crippen molar-refractivity contribution in [2.45, 2.75) is 13.5 Å². The highest BCUT2D eigenvalue weighted by atomic mass is 16.5. The van der Waals surface area contributed by atoms with Crippen LogP contribution in [0.3, 0.4) is 0 Å². The second-order valence-corrected chi connectivity index (χ2v) is 3.73. The summed E-state index contributed by atoms with van der Waals surface area (Å²) in [7, 11) is 0. The Labute approximate surface area is 106 Å². The van der Waals surface area contributed by atoms with Gasteiger partial charge in [0.1, 0.15) is 6.61 Å². The lowest BCUT2D eigenvalue weighted by Gasteiger charge is -2.00. The van der Waals surface area contributed by atoms with Gasteiger partial charge < -0.3 is 9.26 Å². The summed E-state index contributed by atoms with van der Waals surface area (Å²) < 4.78 is 10.6. The zero-order chi connectivity index (χ0) is 12.6. The molecule has 2 aromatic rings. The van der Waals surface area contributed by atoms with Crippen LogP contribution in [0.25, 0.3) is 6.08 Å². The van der Waals surface area contributed by atoms with Gasteiger partial charge in [-0.1, -0.05) is 48.6 Å². The van der Waals surface area contributed by atoms with Gasteiger partial charge in [-0.3, -0.25) is 0 Å². The smallest absolute Gasteiger partial charge is 0.255 e. The van der Waals surface area contributed by atoms with Crippen molar-refractivity contribution in [1.29, 1.82) is 0 Å². The molecular formula is C15H15NO2. The summed E-state index contributed by atoms with van der Waals surface area (Å²) in [5, 5.41) is 3.84. The topological polar surface area (TPSA) is 35.3 Å². The lowest BCUT2D eigenvalue weighted by molar-refractivity contribution is 0.269. The molecule has 2 rings (SSSR count). The van der Waals surface area contributed by atoms with Gasteiger partial charge in [-0.2, -0.15) is 0 Å². The van der Waals surface area contributed by atoms with Crippen molar-refractivity contribution in [2.75, 3.05) is 0 Å². The molecule has 3 heteroatoms. The minimum Gasteiger partial charge on any atom is -0.471 e. The highest BCUT2D eigenvalue weighted by molar-refractivity contribution is 5.45. The predicted octanol–water partition coefficient (Wildman–Crippen LogP) is 3.84. The minimum atomic E-state index is 0.491. The number of nitrogens with zero attached hydrogens (tertiary/aromatic N) is 1. The highest BCUT2D eigenvalue weighted by Crippen LogP contribution is 2.14. The maximum absolute atomic E-state index is 5.52. The molecular weight excluding hydrogens is 226 g/mol. The van der Waals surface area contributed by atoms with Crippen LogP contribution in [0.2, 0.25) is 0 Å². The lowest BCUT2D eigenvalue weighted by atomic mass is 10.2. The molecule has 1 heterocycles. The predicted molar refractivity (Wildman–Crippen MR) is 71.1 cm³/mol. The fourth-order valence-corrected chi connectivity index (χ4v) is 1.41. The number of aromatic nitrogens is 1. The molecule has 92 valence electrons. The van der Waals surface area contributed by atoms with Gasteiger partial charge >= 0.3 is 0 Å². The normalized spacial score (nSPS) is 11.4. The fraction of sp³-hybridized carbons (Fsp3) is 0.133. The Morgan fingerprint density at radius 2 is 2.06 bits per heavy atom. The summed E-state index contributed by atoms with van der Waals surface area (Å²) in [5.74, 6) is 1.18. The lowest BCUT2D eigenvalue weighted by Crippen LogP contribution is -1.94. The van der Waals surface area contributed by atoms with Crippen molar-refractivity contribution in [2.24, 2.45) is 0 Å². The first-order valence-corrected chi connectivity index (χ1v) is 5.81. The van der Waals surface area contributed by atoms with Crippen LogP contribution in [0.5, 0.6) is 5.88 Å². The van der Waals surface area contributed by atoms with E-state index in [1.54, 1.807) is 6.07 Å². The van der Waals surface area contributed by atoms with E-state index < -0.39 is 0 Å². The second kappa shape index (κ2) is 6.45. The number of hydrogen-bond acceptors (Lipinski definition) is 3. The standard InChI is InChI=1S/C15H15NO2/c1-2-3-5-10-14-11-15(16-18-14)17-12-13-8-6-4-7-9-13/h2-11H,12H2,1H3. The Morgan fingerprint density at radius 3 is 2.83 bits per heavy atom. The Bertz CT molecular complexity index is 526. The van der Waals surface area contributed by atoms with E-state index in [4.69, 9.17) is 9.26 Å². The van der Waals surface area contributed by atoms with Crippen LogP contribution in [0, 0.1) is 0 Å². The number of ether oxygens (including phenoxy) is 1. The number of benzene rings is 1. The number of rotatable bonds is 5. The van der Waals surface area contributed by atoms with Gasteiger partial charge in [0.15, 0.2) is 5.76 Å². The van der Waals surface area contributed by atoms with Crippen LogP contribution in [0.15, 0.2) is 59.1 Å². The maximum atomic E-state index is 5.52. The van der Waals surface area contributed by atoms with Crippen molar-refractivity contribution in [3.05, 3.63) is 65.9 Å². The minimum absolute atomic E-state index is 0.491. The molecule has 0 unspecified atom stereocenters. The van der Waals surface area contributed by atoms with Crippen molar-refractivity contribution in [3.8, 4) is 5.88 Å². The third kappa shape index (κ3) is 3.63. The molecule has 0 aliphatic heterocycles. The average molecular weight is 241 g/mol. The van der Waals surface area contributed by atoms with E-state index in [-0.39, 0.29) is 0 Å². The van der Waals surface area contributed by atoms with Gasteiger partial charge in [-0.25, -0.2) is 0 Å². The van der Waals surface area contributed by atoms with E-state index in [0.717, 1.165) is 5.56 Å². The largest absolute Gasteiger partial charge is 0.471 e. The summed E-state index contributed by atoms with van der Waals surface area (Å²) in [5.41, 5.74) is 1.10. The van der Waals surface area contributed by atoms with Gasteiger partial charge in [0.25, 0.3) is 5.88 Å². The van der Waals surface area contributed by atoms with Crippen LogP contribution < -0.4 is 4.74 Å². The summed E-state index contributed by atoms with van der Waals surface area (Å²) in [6.45, 7) is 2.45. The molecule has 0 bridgehead atoms. The van der Waals surface area contributed by atoms with Crippen molar-refractivity contribution in [3.63, 3.8) is 0 Å². The molecule has 3 nitrogen and oxygen atoms in total. The molecule has 0 spiro atoms. The van der Waals surface area contributed by atoms with E-state index in [0.29, 0.717) is 18.2 Å². The van der Waals surface area contributed by atoms with E-state index >= 15 is 0 Å². The van der Waals surface area contributed by atoms with Gasteiger partial charge in [0, 0.05) is 6.07 Å². The second-order valence-electron chi connectivity index (χ2n) is 3.73. The first-order valence-electron chi connectivity index (χ1n) is 5.81. The fourth-order valence-electron chi connectivity index (χ4n) is 1.41. The van der Waals surface area contributed by atoms with Crippen molar-refractivity contribution in [1.82, 2.24) is 5.16 Å². The number of allylic oxidation sites excluding steroid dienone is 3. The maximum Gasteiger partial charge on any atom is 0.255 e. The van der Waals surface area contributed by atoms with E-state index in [9.17, 15) is 0 Å². The molecule has 0 aliphatic carbocycles. The molecule has 0 saturated carbocycles. The Morgan fingerprint density at radius 1 is 1.22 bits per heavy atom. The molecule has 0 radical (unpaired) electrons. The van der Waals surface area contributed by atoms with Gasteiger partial charge in [0.05, 0.1) is 0 Å². The third-order valence-electron chi connectivity index (χ3n) is 2.30. The molecule has 0 fully saturated rings. The Kier molecular flexibility index (Phi) is 4.36. The molecule has 0 amide bonds. The Balaban J connectivity index is 1.91. The summed E-state index contributed by atoms with van der Waals surface area (Å²) in [6, 6.07) is 11.7. The zero-order valence-electron chi connectivity index (χ0n) is 10.2. The molecule has 1 aromatic heterocycles.